The van der Waals surface area contributed by atoms with E-state index in [4.69, 9.17) is 0 Å². The average Bonchev–Trinajstić information content (AvgIpc) is 2.55. The molecule has 2 unspecified atom stereocenters. The lowest BCUT2D eigenvalue weighted by Crippen LogP contribution is -2.42. The van der Waals surface area contributed by atoms with E-state index in [1.54, 1.807) is 0 Å². The van der Waals surface area contributed by atoms with Crippen molar-refractivity contribution in [3.05, 3.63) is 71.3 Å². The monoisotopic (exact) mass is 293 g/mol. The van der Waals surface area contributed by atoms with Crippen molar-refractivity contribution >= 4 is 0 Å². The fourth-order valence-electron chi connectivity index (χ4n) is 3.58. The number of nitrogens with one attached hydrogen (secondary N) is 1. The second-order valence-electron chi connectivity index (χ2n) is 7.30. The van der Waals surface area contributed by atoms with Crippen LogP contribution < -0.4 is 5.32 Å². The molecule has 2 atom stereocenters. The Labute approximate surface area is 134 Å². The normalized spacial score (nSPS) is 21.4. The summed E-state index contributed by atoms with van der Waals surface area (Å²) in [5.74, 6) is 0.456. The molecular weight excluding hydrogens is 266 g/mol. The van der Waals surface area contributed by atoms with Crippen LogP contribution in [0.4, 0.5) is 0 Å². The van der Waals surface area contributed by atoms with E-state index >= 15 is 0 Å². The highest BCUT2D eigenvalue weighted by Crippen LogP contribution is 2.39. The average molecular weight is 293 g/mol. The predicted octanol–water partition coefficient (Wildman–Crippen LogP) is 5.12. The third kappa shape index (κ3) is 3.10. The molecule has 0 radical (unpaired) electrons. The van der Waals surface area contributed by atoms with E-state index in [-0.39, 0.29) is 0 Å². The lowest BCUT2D eigenvalue weighted by molar-refractivity contribution is 0.250. The van der Waals surface area contributed by atoms with E-state index in [1.807, 2.05) is 0 Å². The lowest BCUT2D eigenvalue weighted by Gasteiger charge is -2.39. The number of rotatable bonds is 4. The SMILES string of the molecule is CCC(C)(C)CC1NCc2ccccc2C1c1ccccc1. The highest BCUT2D eigenvalue weighted by atomic mass is 14.9. The minimum atomic E-state index is 0.372. The Balaban J connectivity index is 2.00. The Morgan fingerprint density at radius 1 is 1.00 bits per heavy atom. The van der Waals surface area contributed by atoms with Crippen molar-refractivity contribution in [2.75, 3.05) is 0 Å². The molecule has 0 aliphatic carbocycles. The van der Waals surface area contributed by atoms with Gasteiger partial charge in [-0.2, -0.15) is 0 Å². The largest absolute Gasteiger partial charge is 0.309 e. The first-order chi connectivity index (χ1) is 10.6. The molecule has 0 bridgehead atoms. The minimum absolute atomic E-state index is 0.372. The molecule has 0 aromatic heterocycles. The molecular formula is C21H27N. The van der Waals surface area contributed by atoms with Gasteiger partial charge in [0.15, 0.2) is 0 Å². The van der Waals surface area contributed by atoms with Crippen molar-refractivity contribution in [3.63, 3.8) is 0 Å². The third-order valence-electron chi connectivity index (χ3n) is 5.24. The number of hydrogen-bond acceptors (Lipinski definition) is 1. The van der Waals surface area contributed by atoms with Gasteiger partial charge in [0.1, 0.15) is 0 Å². The molecule has 0 saturated heterocycles. The van der Waals surface area contributed by atoms with Crippen LogP contribution in [-0.4, -0.2) is 6.04 Å². The maximum atomic E-state index is 3.81. The first-order valence-corrected chi connectivity index (χ1v) is 8.47. The van der Waals surface area contributed by atoms with Crippen LogP contribution in [0.5, 0.6) is 0 Å². The third-order valence-corrected chi connectivity index (χ3v) is 5.24. The Bertz CT molecular complexity index is 615. The summed E-state index contributed by atoms with van der Waals surface area (Å²) in [7, 11) is 0. The van der Waals surface area contributed by atoms with E-state index < -0.39 is 0 Å². The van der Waals surface area contributed by atoms with Gasteiger partial charge in [0.2, 0.25) is 0 Å². The molecule has 116 valence electrons. The predicted molar refractivity (Wildman–Crippen MR) is 94.0 cm³/mol. The molecule has 22 heavy (non-hydrogen) atoms. The van der Waals surface area contributed by atoms with Crippen molar-refractivity contribution in [3.8, 4) is 0 Å². The number of benzene rings is 2. The van der Waals surface area contributed by atoms with Gasteiger partial charge in [-0.05, 0) is 28.5 Å². The zero-order valence-electron chi connectivity index (χ0n) is 14.0. The summed E-state index contributed by atoms with van der Waals surface area (Å²) in [4.78, 5) is 0. The molecule has 1 aliphatic rings. The molecule has 2 aromatic rings. The summed E-state index contributed by atoms with van der Waals surface area (Å²) in [5, 5.41) is 3.81. The molecule has 1 aliphatic heterocycles. The zero-order chi connectivity index (χ0) is 15.6. The maximum Gasteiger partial charge on any atom is 0.0246 e. The van der Waals surface area contributed by atoms with Gasteiger partial charge in [-0.15, -0.1) is 0 Å². The first kappa shape index (κ1) is 15.3. The van der Waals surface area contributed by atoms with Gasteiger partial charge in [0, 0.05) is 18.5 Å². The van der Waals surface area contributed by atoms with Crippen LogP contribution in [0, 0.1) is 5.41 Å². The molecule has 2 aromatic carbocycles. The highest BCUT2D eigenvalue weighted by molar-refractivity contribution is 5.41. The lowest BCUT2D eigenvalue weighted by atomic mass is 9.73. The van der Waals surface area contributed by atoms with Gasteiger partial charge in [-0.3, -0.25) is 0 Å². The standard InChI is InChI=1S/C21H27N/c1-4-21(2,3)14-19-20(16-10-6-5-7-11-16)18-13-9-8-12-17(18)15-22-19/h5-13,19-20,22H,4,14-15H2,1-3H3. The van der Waals surface area contributed by atoms with Crippen molar-refractivity contribution in [1.29, 1.82) is 0 Å². The summed E-state index contributed by atoms with van der Waals surface area (Å²) < 4.78 is 0. The van der Waals surface area contributed by atoms with Gasteiger partial charge >= 0.3 is 0 Å². The molecule has 0 amide bonds. The molecule has 1 N–H and O–H groups in total. The van der Waals surface area contributed by atoms with Gasteiger partial charge < -0.3 is 5.32 Å². The maximum absolute atomic E-state index is 3.81. The fourth-order valence-corrected chi connectivity index (χ4v) is 3.58. The quantitative estimate of drug-likeness (QED) is 0.825. The summed E-state index contributed by atoms with van der Waals surface area (Å²) in [5.41, 5.74) is 4.75. The van der Waals surface area contributed by atoms with Gasteiger partial charge in [0.05, 0.1) is 0 Å². The van der Waals surface area contributed by atoms with Crippen LogP contribution >= 0.6 is 0 Å². The van der Waals surface area contributed by atoms with Crippen LogP contribution in [0.1, 0.15) is 56.2 Å². The van der Waals surface area contributed by atoms with E-state index in [2.05, 4.69) is 80.7 Å². The molecule has 0 spiro atoms. The second-order valence-corrected chi connectivity index (χ2v) is 7.30. The number of fused-ring (bicyclic) bond motifs is 1. The Morgan fingerprint density at radius 3 is 2.41 bits per heavy atom. The molecule has 1 heterocycles. The molecule has 3 rings (SSSR count). The Kier molecular flexibility index (Phi) is 4.35. The summed E-state index contributed by atoms with van der Waals surface area (Å²) >= 11 is 0. The van der Waals surface area contributed by atoms with Crippen LogP contribution in [0.2, 0.25) is 0 Å². The summed E-state index contributed by atoms with van der Waals surface area (Å²) in [6.45, 7) is 8.06. The smallest absolute Gasteiger partial charge is 0.0246 e. The van der Waals surface area contributed by atoms with E-state index in [0.717, 1.165) is 6.54 Å². The second kappa shape index (κ2) is 6.26. The molecule has 0 saturated carbocycles. The van der Waals surface area contributed by atoms with Gasteiger partial charge in [-0.25, -0.2) is 0 Å². The van der Waals surface area contributed by atoms with Crippen molar-refractivity contribution < 1.29 is 0 Å². The van der Waals surface area contributed by atoms with E-state index in [1.165, 1.54) is 29.5 Å². The van der Waals surface area contributed by atoms with Crippen LogP contribution in [0.3, 0.4) is 0 Å². The fraction of sp³-hybridized carbons (Fsp3) is 0.429. The van der Waals surface area contributed by atoms with Crippen molar-refractivity contribution in [2.45, 2.75) is 52.1 Å². The molecule has 1 nitrogen and oxygen atoms in total. The highest BCUT2D eigenvalue weighted by Gasteiger charge is 2.33. The topological polar surface area (TPSA) is 12.0 Å². The van der Waals surface area contributed by atoms with Crippen molar-refractivity contribution in [1.82, 2.24) is 5.32 Å². The van der Waals surface area contributed by atoms with Crippen LogP contribution in [-0.2, 0) is 6.54 Å². The molecule has 0 fully saturated rings. The van der Waals surface area contributed by atoms with Crippen molar-refractivity contribution in [2.24, 2.45) is 5.41 Å². The van der Waals surface area contributed by atoms with E-state index in [9.17, 15) is 0 Å². The zero-order valence-corrected chi connectivity index (χ0v) is 14.0. The first-order valence-electron chi connectivity index (χ1n) is 8.47. The summed E-state index contributed by atoms with van der Waals surface area (Å²) in [6, 6.07) is 20.4. The number of hydrogen-bond donors (Lipinski definition) is 1. The van der Waals surface area contributed by atoms with Crippen LogP contribution in [0.15, 0.2) is 54.6 Å². The molecule has 1 heteroatoms. The Morgan fingerprint density at radius 2 is 1.68 bits per heavy atom. The summed E-state index contributed by atoms with van der Waals surface area (Å²) in [6.07, 6.45) is 2.42. The Hall–Kier alpha value is -1.60. The van der Waals surface area contributed by atoms with Gasteiger partial charge in [-0.1, -0.05) is 81.8 Å². The van der Waals surface area contributed by atoms with E-state index in [0.29, 0.717) is 17.4 Å². The van der Waals surface area contributed by atoms with Gasteiger partial charge in [0.25, 0.3) is 0 Å². The minimum Gasteiger partial charge on any atom is -0.309 e. The van der Waals surface area contributed by atoms with Crippen LogP contribution in [0.25, 0.3) is 0 Å².